The van der Waals surface area contributed by atoms with E-state index in [4.69, 9.17) is 0 Å². The molecule has 1 aromatic carbocycles. The topological polar surface area (TPSA) is 12.4 Å². The molecule has 0 atom stereocenters. The molecule has 0 radical (unpaired) electrons. The Morgan fingerprint density at radius 3 is 3.08 bits per heavy atom. The molecule has 0 aliphatic carbocycles. The highest BCUT2D eigenvalue weighted by molar-refractivity contribution is 8.12. The van der Waals surface area contributed by atoms with Crippen LogP contribution in [-0.2, 0) is 0 Å². The van der Waals surface area contributed by atoms with Crippen molar-refractivity contribution < 1.29 is 0 Å². The predicted molar refractivity (Wildman–Crippen MR) is 58.5 cm³/mol. The van der Waals surface area contributed by atoms with E-state index in [1.807, 2.05) is 6.21 Å². The molecule has 62 valence electrons. The quantitative estimate of drug-likeness (QED) is 0.604. The van der Waals surface area contributed by atoms with Crippen LogP contribution in [0.3, 0.4) is 0 Å². The molecule has 0 amide bonds. The molecule has 2 aliphatic rings. The first kappa shape index (κ1) is 7.15. The molecular formula is C11H7NS. The van der Waals surface area contributed by atoms with Crippen molar-refractivity contribution in [1.82, 2.24) is 0 Å². The summed E-state index contributed by atoms with van der Waals surface area (Å²) in [5.74, 6) is 0. The van der Waals surface area contributed by atoms with E-state index in [0.717, 1.165) is 5.03 Å². The summed E-state index contributed by atoms with van der Waals surface area (Å²) in [5.41, 5.74) is 2.60. The average molecular weight is 185 g/mol. The van der Waals surface area contributed by atoms with Crippen molar-refractivity contribution in [3.8, 4) is 0 Å². The molecule has 0 spiro atoms. The van der Waals surface area contributed by atoms with E-state index in [1.54, 1.807) is 11.8 Å². The highest BCUT2D eigenvalue weighted by Gasteiger charge is 2.16. The SMILES string of the molecule is C1=NC2=Cc3ccccc3C(=C1)S2. The van der Waals surface area contributed by atoms with E-state index in [-0.39, 0.29) is 0 Å². The fourth-order valence-electron chi connectivity index (χ4n) is 1.54. The van der Waals surface area contributed by atoms with Crippen LogP contribution >= 0.6 is 11.8 Å². The molecule has 2 bridgehead atoms. The number of benzene rings is 1. The lowest BCUT2D eigenvalue weighted by molar-refractivity contribution is 1.51. The van der Waals surface area contributed by atoms with Crippen LogP contribution in [0.2, 0.25) is 0 Å². The van der Waals surface area contributed by atoms with Gasteiger partial charge in [-0.25, -0.2) is 4.99 Å². The van der Waals surface area contributed by atoms with Crippen molar-refractivity contribution in [2.45, 2.75) is 0 Å². The van der Waals surface area contributed by atoms with Gasteiger partial charge in [-0.15, -0.1) is 0 Å². The average Bonchev–Trinajstić information content (AvgIpc) is 2.18. The van der Waals surface area contributed by atoms with Gasteiger partial charge in [0.05, 0.1) is 0 Å². The largest absolute Gasteiger partial charge is 0.250 e. The molecule has 0 aromatic heterocycles. The number of thioether (sulfide) groups is 1. The van der Waals surface area contributed by atoms with Gasteiger partial charge in [-0.1, -0.05) is 36.0 Å². The van der Waals surface area contributed by atoms with Crippen molar-refractivity contribution in [2.24, 2.45) is 4.99 Å². The maximum absolute atomic E-state index is 4.27. The zero-order valence-corrected chi connectivity index (χ0v) is 7.71. The van der Waals surface area contributed by atoms with Gasteiger partial charge < -0.3 is 0 Å². The molecule has 2 aliphatic heterocycles. The van der Waals surface area contributed by atoms with Gasteiger partial charge in [-0.2, -0.15) is 0 Å². The maximum atomic E-state index is 4.27. The van der Waals surface area contributed by atoms with Gasteiger partial charge in [0.2, 0.25) is 0 Å². The van der Waals surface area contributed by atoms with E-state index in [9.17, 15) is 0 Å². The summed E-state index contributed by atoms with van der Waals surface area (Å²) in [7, 11) is 0. The summed E-state index contributed by atoms with van der Waals surface area (Å²) in [6, 6.07) is 8.42. The summed E-state index contributed by atoms with van der Waals surface area (Å²) >= 11 is 1.74. The van der Waals surface area contributed by atoms with Crippen molar-refractivity contribution >= 4 is 29.0 Å². The second-order valence-corrected chi connectivity index (χ2v) is 4.04. The summed E-state index contributed by atoms with van der Waals surface area (Å²) in [5, 5.41) is 1.09. The van der Waals surface area contributed by atoms with Gasteiger partial charge in [0.25, 0.3) is 0 Å². The third-order valence-corrected chi connectivity index (χ3v) is 3.16. The number of aliphatic imine (C=N–C) groups is 1. The number of fused-ring (bicyclic) bond motifs is 4. The lowest BCUT2D eigenvalue weighted by Crippen LogP contribution is -1.95. The Morgan fingerprint density at radius 1 is 1.15 bits per heavy atom. The van der Waals surface area contributed by atoms with Gasteiger partial charge in [0.15, 0.2) is 0 Å². The van der Waals surface area contributed by atoms with Crippen LogP contribution in [-0.4, -0.2) is 6.21 Å². The van der Waals surface area contributed by atoms with Crippen LogP contribution in [0.4, 0.5) is 0 Å². The first-order valence-electron chi connectivity index (χ1n) is 4.17. The number of hydrogen-bond acceptors (Lipinski definition) is 2. The van der Waals surface area contributed by atoms with Gasteiger partial charge in [0.1, 0.15) is 5.03 Å². The fourth-order valence-corrected chi connectivity index (χ4v) is 2.49. The smallest absolute Gasteiger partial charge is 0.101 e. The van der Waals surface area contributed by atoms with Crippen LogP contribution in [0.1, 0.15) is 11.1 Å². The van der Waals surface area contributed by atoms with Crippen LogP contribution < -0.4 is 0 Å². The molecule has 2 heterocycles. The van der Waals surface area contributed by atoms with Crippen LogP contribution in [0.25, 0.3) is 11.0 Å². The minimum atomic E-state index is 1.09. The minimum Gasteiger partial charge on any atom is -0.250 e. The minimum absolute atomic E-state index is 1.09. The van der Waals surface area contributed by atoms with Crippen molar-refractivity contribution in [1.29, 1.82) is 0 Å². The fraction of sp³-hybridized carbons (Fsp3) is 0. The normalized spacial score (nSPS) is 17.5. The molecule has 2 heteroatoms. The van der Waals surface area contributed by atoms with Gasteiger partial charge in [-0.05, 0) is 23.3 Å². The standard InChI is InChI=1S/C11H7NS/c1-2-4-9-8(3-1)7-11-12-6-5-10(9)13-11/h1-7H. The zero-order valence-electron chi connectivity index (χ0n) is 6.90. The summed E-state index contributed by atoms with van der Waals surface area (Å²) < 4.78 is 0. The second kappa shape index (κ2) is 2.60. The van der Waals surface area contributed by atoms with Gasteiger partial charge in [-0.3, -0.25) is 0 Å². The number of hydrogen-bond donors (Lipinski definition) is 0. The molecule has 0 saturated heterocycles. The second-order valence-electron chi connectivity index (χ2n) is 2.98. The van der Waals surface area contributed by atoms with E-state index >= 15 is 0 Å². The molecule has 1 aromatic rings. The summed E-state index contributed by atoms with van der Waals surface area (Å²) in [6.45, 7) is 0. The van der Waals surface area contributed by atoms with Crippen molar-refractivity contribution in [2.75, 3.05) is 0 Å². The molecule has 0 unspecified atom stereocenters. The lowest BCUT2D eigenvalue weighted by atomic mass is 10.1. The summed E-state index contributed by atoms with van der Waals surface area (Å²) in [4.78, 5) is 5.58. The Kier molecular flexibility index (Phi) is 1.43. The van der Waals surface area contributed by atoms with Crippen molar-refractivity contribution in [3.63, 3.8) is 0 Å². The van der Waals surface area contributed by atoms with Crippen LogP contribution in [0.15, 0.2) is 40.4 Å². The maximum Gasteiger partial charge on any atom is 0.101 e. The Morgan fingerprint density at radius 2 is 2.08 bits per heavy atom. The van der Waals surface area contributed by atoms with E-state index in [0.29, 0.717) is 0 Å². The van der Waals surface area contributed by atoms with Crippen LogP contribution in [0.5, 0.6) is 0 Å². The highest BCUT2D eigenvalue weighted by atomic mass is 32.2. The zero-order chi connectivity index (χ0) is 8.67. The van der Waals surface area contributed by atoms with Gasteiger partial charge in [0, 0.05) is 11.1 Å². The third kappa shape index (κ3) is 1.06. The molecule has 0 N–H and O–H groups in total. The molecular weight excluding hydrogens is 178 g/mol. The van der Waals surface area contributed by atoms with Crippen molar-refractivity contribution in [3.05, 3.63) is 46.5 Å². The number of rotatable bonds is 0. The number of nitrogens with zero attached hydrogens (tertiary/aromatic N) is 1. The molecule has 0 fully saturated rings. The Hall–Kier alpha value is -1.28. The number of allylic oxidation sites excluding steroid dienone is 1. The summed E-state index contributed by atoms with van der Waals surface area (Å²) in [6.07, 6.45) is 6.07. The third-order valence-electron chi connectivity index (χ3n) is 2.15. The highest BCUT2D eigenvalue weighted by Crippen LogP contribution is 2.42. The first-order chi connectivity index (χ1) is 6.43. The Bertz CT molecular complexity index is 455. The van der Waals surface area contributed by atoms with Crippen LogP contribution in [0, 0.1) is 0 Å². The first-order valence-corrected chi connectivity index (χ1v) is 4.98. The van der Waals surface area contributed by atoms with E-state index in [2.05, 4.69) is 41.4 Å². The molecule has 1 nitrogen and oxygen atoms in total. The molecule has 0 saturated carbocycles. The molecule has 13 heavy (non-hydrogen) atoms. The Labute approximate surface area is 80.9 Å². The monoisotopic (exact) mass is 185 g/mol. The Balaban J connectivity index is 2.32. The molecule has 3 rings (SSSR count). The van der Waals surface area contributed by atoms with E-state index in [1.165, 1.54) is 16.0 Å². The van der Waals surface area contributed by atoms with Gasteiger partial charge >= 0.3 is 0 Å². The lowest BCUT2D eigenvalue weighted by Gasteiger charge is -2.18. The van der Waals surface area contributed by atoms with E-state index < -0.39 is 0 Å². The predicted octanol–water partition coefficient (Wildman–Crippen LogP) is 3.16.